The quantitative estimate of drug-likeness (QED) is 0.212. The molecule has 0 saturated carbocycles. The van der Waals surface area contributed by atoms with Gasteiger partial charge in [0.25, 0.3) is 0 Å². The van der Waals surface area contributed by atoms with Crippen molar-refractivity contribution in [1.82, 2.24) is 39.9 Å². The number of pyridine rings is 4. The molecule has 15 heteroatoms. The van der Waals surface area contributed by atoms with E-state index in [1.165, 1.54) is 24.6 Å². The fraction of sp³-hybridized carbons (Fsp3) is 0.256. The molecule has 4 aliphatic rings. The van der Waals surface area contributed by atoms with Gasteiger partial charge in [-0.25, -0.2) is 29.7 Å². The van der Waals surface area contributed by atoms with Crippen LogP contribution in [0.15, 0.2) is 98.2 Å². The molecule has 2 atom stereocenters. The molecule has 2 saturated heterocycles. The maximum Gasteiger partial charge on any atom is 0.329 e. The van der Waals surface area contributed by atoms with Gasteiger partial charge in [0.15, 0.2) is 17.5 Å². The summed E-state index contributed by atoms with van der Waals surface area (Å²) in [4.78, 5) is 53.2. The molecule has 272 valence electrons. The molecule has 0 aliphatic carbocycles. The molecule has 0 spiro atoms. The van der Waals surface area contributed by atoms with Gasteiger partial charge in [0.2, 0.25) is 0 Å². The molecular formula is C39H40N14O. The normalized spacial score (nSPS) is 17.2. The number of nitrogens with zero attached hydrogens (tertiary/aromatic N) is 11. The third-order valence-electron chi connectivity index (χ3n) is 9.68. The molecular weight excluding hydrogens is 681 g/mol. The molecule has 6 aromatic heterocycles. The third kappa shape index (κ3) is 7.42. The summed E-state index contributed by atoms with van der Waals surface area (Å²) in [5.74, 6) is 2.14. The first-order valence-corrected chi connectivity index (χ1v) is 17.9. The first-order valence-electron chi connectivity index (χ1n) is 17.9. The van der Waals surface area contributed by atoms with Gasteiger partial charge in [-0.2, -0.15) is 0 Å². The van der Waals surface area contributed by atoms with Gasteiger partial charge in [-0.3, -0.25) is 25.2 Å². The number of nitrogens with one attached hydrogen (secondary N) is 2. The zero-order valence-electron chi connectivity index (χ0n) is 30.0. The van der Waals surface area contributed by atoms with Crippen LogP contribution in [0.25, 0.3) is 22.5 Å². The average molecular weight is 721 g/mol. The molecule has 15 nitrogen and oxygen atoms in total. The Morgan fingerprint density at radius 1 is 0.759 bits per heavy atom. The first kappa shape index (κ1) is 34.3. The fourth-order valence-corrected chi connectivity index (χ4v) is 7.15. The Hall–Kier alpha value is -6.77. The first-order chi connectivity index (χ1) is 26.4. The number of rotatable bonds is 3. The van der Waals surface area contributed by atoms with Gasteiger partial charge in [-0.1, -0.05) is 0 Å². The summed E-state index contributed by atoms with van der Waals surface area (Å²) in [7, 11) is 0. The number of nitrogen functional groups attached to an aromatic ring is 1. The number of carbonyl (C=O) groups excluding carboxylic acids is 1. The lowest BCUT2D eigenvalue weighted by Gasteiger charge is -2.35. The number of hydrogen-bond donors (Lipinski definition) is 3. The smallest absolute Gasteiger partial charge is 0.329 e. The van der Waals surface area contributed by atoms with E-state index in [0.29, 0.717) is 23.4 Å². The van der Waals surface area contributed by atoms with E-state index in [9.17, 15) is 4.79 Å². The topological polar surface area (TPSA) is 180 Å². The summed E-state index contributed by atoms with van der Waals surface area (Å²) in [6.45, 7) is 7.95. The highest BCUT2D eigenvalue weighted by molar-refractivity contribution is 6.04. The fourth-order valence-electron chi connectivity index (χ4n) is 7.15. The van der Waals surface area contributed by atoms with E-state index >= 15 is 0 Å². The monoisotopic (exact) mass is 720 g/mol. The number of aromatic nitrogens is 8. The van der Waals surface area contributed by atoms with Gasteiger partial charge >= 0.3 is 6.03 Å². The van der Waals surface area contributed by atoms with Crippen LogP contribution in [0.3, 0.4) is 0 Å². The third-order valence-corrected chi connectivity index (χ3v) is 9.68. The predicted octanol–water partition coefficient (Wildman–Crippen LogP) is 5.39. The number of anilines is 6. The highest BCUT2D eigenvalue weighted by Gasteiger charge is 2.40. The lowest BCUT2D eigenvalue weighted by atomic mass is 10.1. The van der Waals surface area contributed by atoms with Crippen molar-refractivity contribution in [2.45, 2.75) is 38.8 Å². The summed E-state index contributed by atoms with van der Waals surface area (Å²) >= 11 is 0. The average Bonchev–Trinajstić information content (AvgIpc) is 3.80. The number of fused-ring (bicyclic) bond motifs is 8. The van der Waals surface area contributed by atoms with Crippen LogP contribution in [-0.2, 0) is 0 Å². The van der Waals surface area contributed by atoms with E-state index in [4.69, 9.17) is 15.7 Å². The molecule has 54 heavy (non-hydrogen) atoms. The molecule has 0 radical (unpaired) electrons. The minimum Gasteiger partial charge on any atom is -0.396 e. The van der Waals surface area contributed by atoms with Crippen molar-refractivity contribution in [3.05, 3.63) is 110 Å². The summed E-state index contributed by atoms with van der Waals surface area (Å²) in [5.41, 5.74) is 14.0. The molecule has 10 heterocycles. The van der Waals surface area contributed by atoms with Crippen molar-refractivity contribution in [3.63, 3.8) is 0 Å². The van der Waals surface area contributed by atoms with Crippen molar-refractivity contribution in [3.8, 4) is 22.5 Å². The van der Waals surface area contributed by atoms with Crippen molar-refractivity contribution >= 4 is 40.5 Å². The Labute approximate surface area is 312 Å². The molecule has 4 aliphatic heterocycles. The number of hydrogen-bond acceptors (Lipinski definition) is 13. The van der Waals surface area contributed by atoms with Gasteiger partial charge in [-0.15, -0.1) is 0 Å². The Kier molecular flexibility index (Phi) is 9.58. The van der Waals surface area contributed by atoms with Crippen LogP contribution in [0, 0.1) is 13.8 Å². The standard InChI is InChI=1S/C20H19N7O.C15H16N4.C4H5N3/c1-13-10-14(4-6-22-13)16-2-3-17-19(24-16)27(15-5-9-26(17)12-15)20(28)25-18-11-21-7-8-23-18;1-10-8-11(4-6-16-10)13-2-3-14-15(18-13)17-12-5-7-19(14)9-12;5-4-1-6-3-7-2-4/h2-4,6-8,10-11,15H,5,9,12H2,1H3,(H,23,25,28);2-4,6,8,12H,5,7,9H2,1H3,(H,17,18);1-3H,5H2/t15-;12-;/m00./s1. The SMILES string of the molecule is Cc1cc(-c2ccc3c(n2)N(C(=O)Nc2cnccn2)[C@H]2CCN3C2)ccn1.Cc1cc(-c2ccc3c(n2)N[C@H]2CCN3C2)ccn1.Nc1cncnc1. The van der Waals surface area contributed by atoms with Crippen molar-refractivity contribution in [1.29, 1.82) is 0 Å². The second kappa shape index (κ2) is 15.1. The summed E-state index contributed by atoms with van der Waals surface area (Å²) in [6, 6.07) is 16.8. The Balaban J connectivity index is 0.000000136. The van der Waals surface area contributed by atoms with Crippen LogP contribution >= 0.6 is 0 Å². The zero-order valence-corrected chi connectivity index (χ0v) is 30.0. The number of nitrogens with two attached hydrogens (primary N) is 1. The second-order valence-electron chi connectivity index (χ2n) is 13.5. The predicted molar refractivity (Wildman–Crippen MR) is 209 cm³/mol. The van der Waals surface area contributed by atoms with Crippen molar-refractivity contribution in [2.75, 3.05) is 57.2 Å². The van der Waals surface area contributed by atoms with Gasteiger partial charge < -0.3 is 20.9 Å². The van der Waals surface area contributed by atoms with Crippen LogP contribution < -0.4 is 31.1 Å². The zero-order chi connectivity index (χ0) is 37.0. The van der Waals surface area contributed by atoms with Crippen LogP contribution in [0.2, 0.25) is 0 Å². The van der Waals surface area contributed by atoms with E-state index in [0.717, 1.165) is 78.0 Å². The van der Waals surface area contributed by atoms with E-state index < -0.39 is 0 Å². The summed E-state index contributed by atoms with van der Waals surface area (Å²) in [6.07, 6.45) is 14.9. The molecule has 6 aromatic rings. The number of aryl methyl sites for hydroxylation is 2. The van der Waals surface area contributed by atoms with E-state index in [2.05, 4.69) is 74.6 Å². The highest BCUT2D eigenvalue weighted by atomic mass is 16.2. The largest absolute Gasteiger partial charge is 0.396 e. The number of urea groups is 1. The maximum atomic E-state index is 13.1. The highest BCUT2D eigenvalue weighted by Crippen LogP contribution is 2.40. The number of amides is 2. The van der Waals surface area contributed by atoms with Crippen molar-refractivity contribution in [2.24, 2.45) is 0 Å². The van der Waals surface area contributed by atoms with E-state index in [1.807, 2.05) is 44.3 Å². The van der Waals surface area contributed by atoms with Gasteiger partial charge in [0, 0.05) is 79.5 Å². The minimum absolute atomic E-state index is 0.0890. The Morgan fingerprint density at radius 3 is 2.11 bits per heavy atom. The van der Waals surface area contributed by atoms with E-state index in [-0.39, 0.29) is 12.1 Å². The van der Waals surface area contributed by atoms with Crippen LogP contribution in [-0.4, -0.2) is 84.2 Å². The van der Waals surface area contributed by atoms with Gasteiger partial charge in [0.1, 0.15) is 6.33 Å². The summed E-state index contributed by atoms with van der Waals surface area (Å²) < 4.78 is 0. The molecule has 0 unspecified atom stereocenters. The minimum atomic E-state index is -0.233. The van der Waals surface area contributed by atoms with Gasteiger partial charge in [-0.05, 0) is 75.2 Å². The van der Waals surface area contributed by atoms with Crippen molar-refractivity contribution < 1.29 is 4.79 Å². The number of carbonyl (C=O) groups is 1. The van der Waals surface area contributed by atoms with Gasteiger partial charge in [0.05, 0.1) is 53.1 Å². The lowest BCUT2D eigenvalue weighted by Crippen LogP contribution is -2.48. The van der Waals surface area contributed by atoms with Crippen LogP contribution in [0.4, 0.5) is 39.3 Å². The van der Waals surface area contributed by atoms with Crippen LogP contribution in [0.5, 0.6) is 0 Å². The molecule has 0 aromatic carbocycles. The molecule has 2 fully saturated rings. The Bertz CT molecular complexity index is 2260. The van der Waals surface area contributed by atoms with Crippen LogP contribution in [0.1, 0.15) is 24.2 Å². The maximum absolute atomic E-state index is 13.1. The molecule has 2 amide bonds. The van der Waals surface area contributed by atoms with E-state index in [1.54, 1.807) is 35.9 Å². The Morgan fingerprint density at radius 2 is 1.44 bits per heavy atom. The lowest BCUT2D eigenvalue weighted by molar-refractivity contribution is 0.254. The second-order valence-corrected chi connectivity index (χ2v) is 13.5. The molecule has 4 N–H and O–H groups in total. The molecule has 4 bridgehead atoms. The molecule has 10 rings (SSSR count). The summed E-state index contributed by atoms with van der Waals surface area (Å²) in [5, 5.41) is 6.39.